The van der Waals surface area contributed by atoms with E-state index in [1.54, 1.807) is 0 Å². The largest absolute Gasteiger partial charge is 0.396 e. The first-order valence-electron chi connectivity index (χ1n) is 4.64. The van der Waals surface area contributed by atoms with Crippen LogP contribution in [0.3, 0.4) is 0 Å². The van der Waals surface area contributed by atoms with Gasteiger partial charge in [0.25, 0.3) is 0 Å². The molecule has 70 valence electrons. The van der Waals surface area contributed by atoms with Crippen LogP contribution in [0.15, 0.2) is 0 Å². The molecule has 12 heavy (non-hydrogen) atoms. The molecule has 3 heteroatoms. The van der Waals surface area contributed by atoms with Gasteiger partial charge in [0.05, 0.1) is 12.2 Å². The van der Waals surface area contributed by atoms with Crippen molar-refractivity contribution in [2.45, 2.75) is 32.0 Å². The lowest BCUT2D eigenvalue weighted by molar-refractivity contribution is -0.0307. The number of aliphatic hydroxyl groups excluding tert-OH is 3. The van der Waals surface area contributed by atoms with Crippen LogP contribution in [-0.2, 0) is 0 Å². The molecule has 0 aromatic rings. The Morgan fingerprint density at radius 1 is 1.42 bits per heavy atom. The summed E-state index contributed by atoms with van der Waals surface area (Å²) in [6.07, 6.45) is 0.581. The number of hydrogen-bond acceptors (Lipinski definition) is 3. The first-order chi connectivity index (χ1) is 5.67. The fourth-order valence-corrected chi connectivity index (χ4v) is 2.93. The Labute approximate surface area is 72.0 Å². The maximum absolute atomic E-state index is 9.70. The number of fused-ring (bicyclic) bond motifs is 1. The third-order valence-corrected chi connectivity index (χ3v) is 3.92. The van der Waals surface area contributed by atoms with Crippen LogP contribution in [0, 0.1) is 17.3 Å². The summed E-state index contributed by atoms with van der Waals surface area (Å²) >= 11 is 0. The van der Waals surface area contributed by atoms with Gasteiger partial charge in [0.15, 0.2) is 0 Å². The van der Waals surface area contributed by atoms with E-state index in [0.29, 0.717) is 5.92 Å². The molecule has 2 saturated carbocycles. The molecule has 0 amide bonds. The summed E-state index contributed by atoms with van der Waals surface area (Å²) < 4.78 is 0. The summed E-state index contributed by atoms with van der Waals surface area (Å²) in [4.78, 5) is 0. The van der Waals surface area contributed by atoms with E-state index in [1.807, 2.05) is 6.92 Å². The van der Waals surface area contributed by atoms with E-state index in [2.05, 4.69) is 0 Å². The van der Waals surface area contributed by atoms with Crippen molar-refractivity contribution < 1.29 is 15.3 Å². The van der Waals surface area contributed by atoms with Gasteiger partial charge in [-0.3, -0.25) is 0 Å². The molecule has 0 spiro atoms. The molecule has 3 N–H and O–H groups in total. The zero-order valence-corrected chi connectivity index (χ0v) is 7.27. The fourth-order valence-electron chi connectivity index (χ4n) is 2.93. The zero-order valence-electron chi connectivity index (χ0n) is 7.27. The van der Waals surface area contributed by atoms with Crippen LogP contribution in [-0.4, -0.2) is 34.1 Å². The average Bonchev–Trinajstić information content (AvgIpc) is 2.76. The molecule has 2 rings (SSSR count). The number of aliphatic hydroxyl groups is 3. The van der Waals surface area contributed by atoms with E-state index < -0.39 is 12.2 Å². The van der Waals surface area contributed by atoms with Gasteiger partial charge in [-0.2, -0.15) is 0 Å². The minimum atomic E-state index is -0.700. The quantitative estimate of drug-likeness (QED) is 0.538. The van der Waals surface area contributed by atoms with Crippen LogP contribution < -0.4 is 0 Å². The van der Waals surface area contributed by atoms with Crippen molar-refractivity contribution in [3.05, 3.63) is 0 Å². The van der Waals surface area contributed by atoms with E-state index >= 15 is 0 Å². The van der Waals surface area contributed by atoms with Gasteiger partial charge in [-0.05, 0) is 18.8 Å². The molecule has 0 radical (unpaired) electrons. The lowest BCUT2D eigenvalue weighted by Gasteiger charge is -2.21. The molecule has 2 aliphatic carbocycles. The highest BCUT2D eigenvalue weighted by Gasteiger charge is 2.69. The predicted octanol–water partition coefficient (Wildman–Crippen LogP) is -0.253. The Balaban J connectivity index is 2.17. The van der Waals surface area contributed by atoms with Crippen molar-refractivity contribution in [1.82, 2.24) is 0 Å². The highest BCUT2D eigenvalue weighted by Crippen LogP contribution is 2.67. The molecule has 2 aliphatic rings. The molecule has 3 unspecified atom stereocenters. The molecule has 0 bridgehead atoms. The predicted molar refractivity (Wildman–Crippen MR) is 43.4 cm³/mol. The monoisotopic (exact) mass is 172 g/mol. The topological polar surface area (TPSA) is 60.7 Å². The minimum absolute atomic E-state index is 0.00461. The molecular formula is C9H16O3. The van der Waals surface area contributed by atoms with Gasteiger partial charge in [0.2, 0.25) is 0 Å². The van der Waals surface area contributed by atoms with E-state index in [0.717, 1.165) is 12.8 Å². The van der Waals surface area contributed by atoms with Crippen molar-refractivity contribution >= 4 is 0 Å². The average molecular weight is 172 g/mol. The molecule has 0 saturated heterocycles. The van der Waals surface area contributed by atoms with Gasteiger partial charge in [-0.15, -0.1) is 0 Å². The summed E-state index contributed by atoms with van der Waals surface area (Å²) in [5.41, 5.74) is -0.0488. The van der Waals surface area contributed by atoms with Gasteiger partial charge < -0.3 is 15.3 Å². The Morgan fingerprint density at radius 2 is 2.08 bits per heavy atom. The molecule has 0 heterocycles. The maximum Gasteiger partial charge on any atom is 0.0861 e. The van der Waals surface area contributed by atoms with E-state index in [-0.39, 0.29) is 17.9 Å². The van der Waals surface area contributed by atoms with Gasteiger partial charge >= 0.3 is 0 Å². The summed E-state index contributed by atoms with van der Waals surface area (Å²) in [7, 11) is 0. The highest BCUT2D eigenvalue weighted by atomic mass is 16.3. The van der Waals surface area contributed by atoms with E-state index in [9.17, 15) is 10.2 Å². The van der Waals surface area contributed by atoms with Gasteiger partial charge in [0, 0.05) is 17.9 Å². The van der Waals surface area contributed by atoms with Crippen molar-refractivity contribution in [3.8, 4) is 0 Å². The van der Waals surface area contributed by atoms with Crippen molar-refractivity contribution in [2.24, 2.45) is 17.3 Å². The minimum Gasteiger partial charge on any atom is -0.396 e. The summed E-state index contributed by atoms with van der Waals surface area (Å²) in [5, 5.41) is 28.2. The second-order valence-electron chi connectivity index (χ2n) is 4.18. The Hall–Kier alpha value is -0.120. The lowest BCUT2D eigenvalue weighted by Crippen LogP contribution is -2.34. The first kappa shape index (κ1) is 8.48. The fraction of sp³-hybridized carbons (Fsp3) is 1.00. The van der Waals surface area contributed by atoms with Crippen LogP contribution in [0.25, 0.3) is 0 Å². The van der Waals surface area contributed by atoms with Crippen LogP contribution in [0.2, 0.25) is 0 Å². The SMILES string of the molecule is CC[C@]12C[C@H]1C(CO)C(O)C2O. The zero-order chi connectivity index (χ0) is 8.93. The van der Waals surface area contributed by atoms with Crippen LogP contribution >= 0.6 is 0 Å². The molecule has 0 aromatic carbocycles. The van der Waals surface area contributed by atoms with Crippen molar-refractivity contribution in [3.63, 3.8) is 0 Å². The normalized spacial score (nSPS) is 57.0. The summed E-state index contributed by atoms with van der Waals surface area (Å²) in [6, 6.07) is 0. The third-order valence-electron chi connectivity index (χ3n) is 3.92. The van der Waals surface area contributed by atoms with Crippen molar-refractivity contribution in [1.29, 1.82) is 0 Å². The number of rotatable bonds is 2. The van der Waals surface area contributed by atoms with Gasteiger partial charge in [-0.1, -0.05) is 6.92 Å². The Morgan fingerprint density at radius 3 is 2.42 bits per heavy atom. The van der Waals surface area contributed by atoms with Crippen molar-refractivity contribution in [2.75, 3.05) is 6.61 Å². The maximum atomic E-state index is 9.70. The van der Waals surface area contributed by atoms with Crippen LogP contribution in [0.4, 0.5) is 0 Å². The van der Waals surface area contributed by atoms with Gasteiger partial charge in [-0.25, -0.2) is 0 Å². The molecule has 0 aromatic heterocycles. The standard InChI is InChI=1S/C9H16O3/c1-2-9-3-6(9)5(4-10)7(11)8(9)12/h5-8,10-12H,2-4H2,1H3/t5?,6-,7?,8?,9-/m0/s1. The molecular weight excluding hydrogens is 156 g/mol. The lowest BCUT2D eigenvalue weighted by atomic mass is 9.96. The summed E-state index contributed by atoms with van der Waals surface area (Å²) in [5.74, 6) is 0.275. The van der Waals surface area contributed by atoms with E-state index in [4.69, 9.17) is 5.11 Å². The highest BCUT2D eigenvalue weighted by molar-refractivity contribution is 5.17. The smallest absolute Gasteiger partial charge is 0.0861 e. The van der Waals surface area contributed by atoms with Gasteiger partial charge in [0.1, 0.15) is 0 Å². The first-order valence-corrected chi connectivity index (χ1v) is 4.64. The third kappa shape index (κ3) is 0.767. The molecule has 2 fully saturated rings. The van der Waals surface area contributed by atoms with Crippen LogP contribution in [0.1, 0.15) is 19.8 Å². The molecule has 0 aliphatic heterocycles. The Kier molecular flexibility index (Phi) is 1.72. The Bertz CT molecular complexity index is 192. The van der Waals surface area contributed by atoms with Crippen LogP contribution in [0.5, 0.6) is 0 Å². The molecule has 3 nitrogen and oxygen atoms in total. The second-order valence-corrected chi connectivity index (χ2v) is 4.18. The molecule has 5 atom stereocenters. The second kappa shape index (κ2) is 2.44. The van der Waals surface area contributed by atoms with E-state index in [1.165, 1.54) is 0 Å². The summed E-state index contributed by atoms with van der Waals surface area (Å²) in [6.45, 7) is 2.04. The number of hydrogen-bond donors (Lipinski definition) is 3.